The van der Waals surface area contributed by atoms with Crippen molar-refractivity contribution in [3.63, 3.8) is 0 Å². The number of hydrogen-bond acceptors (Lipinski definition) is 7. The standard InChI is InChI=1S/C16H20N2O.2C2H2O4/c1-17-8-10-18(11-9-17)12-15-14-5-3-2-4-13(14)6-7-16(15)19;2*3-1(4)2(5)6/h2-7,19H,8-12H2,1H3;2*(H,3,4)(H,5,6). The molecule has 11 nitrogen and oxygen atoms in total. The first kappa shape index (κ1) is 25.3. The van der Waals surface area contributed by atoms with E-state index in [9.17, 15) is 5.11 Å². The molecular formula is C20H24N2O9. The molecule has 0 aliphatic carbocycles. The van der Waals surface area contributed by atoms with Gasteiger partial charge < -0.3 is 30.4 Å². The molecule has 2 aromatic rings. The third-order valence-electron chi connectivity index (χ3n) is 4.36. The van der Waals surface area contributed by atoms with Gasteiger partial charge in [0.05, 0.1) is 0 Å². The Morgan fingerprint density at radius 3 is 1.74 bits per heavy atom. The van der Waals surface area contributed by atoms with Crippen LogP contribution >= 0.6 is 0 Å². The number of carboxylic acid groups (broad SMARTS) is 4. The zero-order valence-corrected chi connectivity index (χ0v) is 16.8. The largest absolute Gasteiger partial charge is 0.508 e. The molecule has 11 heteroatoms. The fraction of sp³-hybridized carbons (Fsp3) is 0.300. The monoisotopic (exact) mass is 436 g/mol. The van der Waals surface area contributed by atoms with Crippen LogP contribution in [0.5, 0.6) is 5.75 Å². The number of hydrogen-bond donors (Lipinski definition) is 5. The quantitative estimate of drug-likeness (QED) is 0.417. The Morgan fingerprint density at radius 2 is 1.26 bits per heavy atom. The summed E-state index contributed by atoms with van der Waals surface area (Å²) in [6.07, 6.45) is 0. The second-order valence-electron chi connectivity index (χ2n) is 6.58. The first-order chi connectivity index (χ1) is 14.5. The van der Waals surface area contributed by atoms with Gasteiger partial charge in [-0.15, -0.1) is 0 Å². The average molecular weight is 436 g/mol. The van der Waals surface area contributed by atoms with Crippen LogP contribution in [0.15, 0.2) is 36.4 Å². The van der Waals surface area contributed by atoms with Crippen LogP contribution in [0.4, 0.5) is 0 Å². The molecule has 2 aromatic carbocycles. The van der Waals surface area contributed by atoms with Gasteiger partial charge in [0.25, 0.3) is 0 Å². The molecule has 5 N–H and O–H groups in total. The molecule has 0 spiro atoms. The second-order valence-corrected chi connectivity index (χ2v) is 6.58. The van der Waals surface area contributed by atoms with Crippen molar-refractivity contribution in [2.24, 2.45) is 0 Å². The molecule has 0 aromatic heterocycles. The highest BCUT2D eigenvalue weighted by molar-refractivity contribution is 6.27. The predicted octanol–water partition coefficient (Wildman–Crippen LogP) is 0.604. The third kappa shape index (κ3) is 8.68. The van der Waals surface area contributed by atoms with E-state index >= 15 is 0 Å². The van der Waals surface area contributed by atoms with Crippen molar-refractivity contribution < 1.29 is 44.7 Å². The Labute approximate surface area is 177 Å². The van der Waals surface area contributed by atoms with Crippen LogP contribution in [0, 0.1) is 0 Å². The highest BCUT2D eigenvalue weighted by atomic mass is 16.4. The topological polar surface area (TPSA) is 176 Å². The number of aliphatic carboxylic acids is 4. The lowest BCUT2D eigenvalue weighted by Crippen LogP contribution is -2.43. The predicted molar refractivity (Wildman–Crippen MR) is 109 cm³/mol. The van der Waals surface area contributed by atoms with Crippen LogP contribution in [0.2, 0.25) is 0 Å². The van der Waals surface area contributed by atoms with Crippen LogP contribution in [0.3, 0.4) is 0 Å². The van der Waals surface area contributed by atoms with Crippen molar-refractivity contribution in [1.29, 1.82) is 0 Å². The van der Waals surface area contributed by atoms with Gasteiger partial charge in [-0.2, -0.15) is 0 Å². The molecule has 0 amide bonds. The highest BCUT2D eigenvalue weighted by Gasteiger charge is 2.16. The number of benzene rings is 2. The van der Waals surface area contributed by atoms with E-state index in [1.54, 1.807) is 0 Å². The minimum absolute atomic E-state index is 0.414. The minimum Gasteiger partial charge on any atom is -0.508 e. The van der Waals surface area contributed by atoms with Crippen molar-refractivity contribution in [2.45, 2.75) is 6.54 Å². The number of nitrogens with zero attached hydrogens (tertiary/aromatic N) is 2. The number of aromatic hydroxyl groups is 1. The van der Waals surface area contributed by atoms with E-state index in [4.69, 9.17) is 39.6 Å². The van der Waals surface area contributed by atoms with Gasteiger partial charge in [-0.3, -0.25) is 4.90 Å². The van der Waals surface area contributed by atoms with Gasteiger partial charge in [0.2, 0.25) is 0 Å². The lowest BCUT2D eigenvalue weighted by molar-refractivity contribution is -0.159. The normalized spacial score (nSPS) is 13.8. The molecule has 0 saturated carbocycles. The molecule has 31 heavy (non-hydrogen) atoms. The summed E-state index contributed by atoms with van der Waals surface area (Å²) in [5.74, 6) is -6.88. The van der Waals surface area contributed by atoms with E-state index in [1.807, 2.05) is 24.3 Å². The van der Waals surface area contributed by atoms with E-state index in [1.165, 1.54) is 10.8 Å². The van der Waals surface area contributed by atoms with Crippen molar-refractivity contribution in [3.8, 4) is 5.75 Å². The number of fused-ring (bicyclic) bond motifs is 1. The maximum atomic E-state index is 10.2. The zero-order valence-electron chi connectivity index (χ0n) is 16.8. The molecule has 1 fully saturated rings. The summed E-state index contributed by atoms with van der Waals surface area (Å²) in [4.78, 5) is 41.2. The molecule has 0 atom stereocenters. The van der Waals surface area contributed by atoms with Crippen LogP contribution in [0.1, 0.15) is 5.56 Å². The van der Waals surface area contributed by atoms with Gasteiger partial charge in [0.15, 0.2) is 0 Å². The third-order valence-corrected chi connectivity index (χ3v) is 4.36. The van der Waals surface area contributed by atoms with E-state index in [2.05, 4.69) is 29.0 Å². The SMILES string of the molecule is CN1CCN(Cc2c(O)ccc3ccccc23)CC1.O=C(O)C(=O)O.O=C(O)C(=O)O. The molecule has 0 unspecified atom stereocenters. The van der Waals surface area contributed by atoms with Crippen molar-refractivity contribution in [3.05, 3.63) is 42.0 Å². The second kappa shape index (κ2) is 12.1. The Kier molecular flexibility index (Phi) is 9.89. The average Bonchev–Trinajstić information content (AvgIpc) is 2.72. The molecule has 0 radical (unpaired) electrons. The molecular weight excluding hydrogens is 412 g/mol. The lowest BCUT2D eigenvalue weighted by Gasteiger charge is -2.32. The van der Waals surface area contributed by atoms with E-state index < -0.39 is 23.9 Å². The van der Waals surface area contributed by atoms with E-state index in [0.717, 1.165) is 38.3 Å². The van der Waals surface area contributed by atoms with Gasteiger partial charge in [-0.05, 0) is 23.9 Å². The molecule has 1 aliphatic heterocycles. The highest BCUT2D eigenvalue weighted by Crippen LogP contribution is 2.28. The number of carbonyl (C=O) groups is 4. The fourth-order valence-electron chi connectivity index (χ4n) is 2.72. The van der Waals surface area contributed by atoms with Crippen LogP contribution in [-0.2, 0) is 25.7 Å². The van der Waals surface area contributed by atoms with Crippen LogP contribution < -0.4 is 0 Å². The summed E-state index contributed by atoms with van der Waals surface area (Å²) in [5, 5.41) is 42.1. The first-order valence-corrected chi connectivity index (χ1v) is 9.05. The summed E-state index contributed by atoms with van der Waals surface area (Å²) in [6, 6.07) is 12.1. The molecule has 1 heterocycles. The van der Waals surface area contributed by atoms with Gasteiger partial charge in [-0.25, -0.2) is 19.2 Å². The molecule has 1 saturated heterocycles. The summed E-state index contributed by atoms with van der Waals surface area (Å²) in [7, 11) is 2.16. The van der Waals surface area contributed by atoms with Crippen LogP contribution in [0.25, 0.3) is 10.8 Å². The van der Waals surface area contributed by atoms with Crippen molar-refractivity contribution in [1.82, 2.24) is 9.80 Å². The number of phenolic OH excluding ortho intramolecular Hbond substituents is 1. The first-order valence-electron chi connectivity index (χ1n) is 9.05. The van der Waals surface area contributed by atoms with E-state index in [-0.39, 0.29) is 0 Å². The number of rotatable bonds is 2. The zero-order chi connectivity index (χ0) is 23.6. The minimum atomic E-state index is -1.82. The Balaban J connectivity index is 0.000000333. The fourth-order valence-corrected chi connectivity index (χ4v) is 2.72. The van der Waals surface area contributed by atoms with Gasteiger partial charge in [0, 0.05) is 38.3 Å². The number of likely N-dealkylation sites (N-methyl/N-ethyl adjacent to an activating group) is 1. The number of piperazine rings is 1. The summed E-state index contributed by atoms with van der Waals surface area (Å²) < 4.78 is 0. The molecule has 168 valence electrons. The van der Waals surface area contributed by atoms with Crippen molar-refractivity contribution >= 4 is 34.6 Å². The van der Waals surface area contributed by atoms with E-state index in [0.29, 0.717) is 5.75 Å². The van der Waals surface area contributed by atoms with Gasteiger partial charge in [-0.1, -0.05) is 30.3 Å². The maximum absolute atomic E-state index is 10.2. The molecule has 0 bridgehead atoms. The smallest absolute Gasteiger partial charge is 0.414 e. The van der Waals surface area contributed by atoms with Gasteiger partial charge in [0.1, 0.15) is 5.75 Å². The number of phenols is 1. The number of carboxylic acids is 4. The Hall–Kier alpha value is -3.70. The summed E-state index contributed by atoms with van der Waals surface area (Å²) >= 11 is 0. The maximum Gasteiger partial charge on any atom is 0.414 e. The van der Waals surface area contributed by atoms with Crippen LogP contribution in [-0.4, -0.2) is 92.4 Å². The molecule has 1 aliphatic rings. The van der Waals surface area contributed by atoms with Gasteiger partial charge >= 0.3 is 23.9 Å². The van der Waals surface area contributed by atoms with Crippen molar-refractivity contribution in [2.75, 3.05) is 33.2 Å². The Bertz CT molecular complexity index is 889. The summed E-state index contributed by atoms with van der Waals surface area (Å²) in [5.41, 5.74) is 1.06. The summed E-state index contributed by atoms with van der Waals surface area (Å²) in [6.45, 7) is 5.18. The molecule has 3 rings (SSSR count). The lowest BCUT2D eigenvalue weighted by atomic mass is 10.0. The Morgan fingerprint density at radius 1 is 0.774 bits per heavy atom.